The van der Waals surface area contributed by atoms with Crippen molar-refractivity contribution in [1.29, 1.82) is 0 Å². The lowest BCUT2D eigenvalue weighted by atomic mass is 10.1. The average Bonchev–Trinajstić information content (AvgIpc) is 2.67. The highest BCUT2D eigenvalue weighted by Gasteiger charge is 2.15. The molecular weight excluding hydrogens is 356 g/mol. The molecule has 2 rings (SSSR count). The molecule has 28 heavy (non-hydrogen) atoms. The third-order valence-corrected chi connectivity index (χ3v) is 4.12. The number of ketones is 1. The predicted octanol–water partition coefficient (Wildman–Crippen LogP) is 2.91. The van der Waals surface area contributed by atoms with Gasteiger partial charge in [0.15, 0.2) is 11.9 Å². The molecular formula is C22H28N2O4. The molecule has 0 heterocycles. The van der Waals surface area contributed by atoms with Crippen LogP contribution in [0.2, 0.25) is 0 Å². The lowest BCUT2D eigenvalue weighted by Gasteiger charge is -2.15. The monoisotopic (exact) mass is 384 g/mol. The van der Waals surface area contributed by atoms with Crippen molar-refractivity contribution >= 4 is 11.7 Å². The number of Topliss-reactive ketones (excluding diaryl/α,β-unsaturated/α-hetero) is 1. The number of nitrogens with zero attached hydrogens (tertiary/aromatic N) is 1. The van der Waals surface area contributed by atoms with E-state index in [2.05, 4.69) is 10.2 Å². The van der Waals surface area contributed by atoms with Gasteiger partial charge >= 0.3 is 0 Å². The van der Waals surface area contributed by atoms with E-state index in [1.54, 1.807) is 31.2 Å². The predicted molar refractivity (Wildman–Crippen MR) is 109 cm³/mol. The summed E-state index contributed by atoms with van der Waals surface area (Å²) in [6.45, 7) is 5.05. The zero-order valence-electron chi connectivity index (χ0n) is 16.9. The Labute approximate surface area is 166 Å². The SMILES string of the molecule is CC(=O)c1cccc(OC(C)C(=O)NCc2ccc(OCCN(C)C)cc2)c1. The van der Waals surface area contributed by atoms with E-state index in [9.17, 15) is 9.59 Å². The number of rotatable bonds is 10. The van der Waals surface area contributed by atoms with Gasteiger partial charge in [0.1, 0.15) is 18.1 Å². The fourth-order valence-electron chi connectivity index (χ4n) is 2.43. The first-order valence-corrected chi connectivity index (χ1v) is 9.27. The summed E-state index contributed by atoms with van der Waals surface area (Å²) in [4.78, 5) is 25.8. The summed E-state index contributed by atoms with van der Waals surface area (Å²) in [7, 11) is 4.00. The number of ether oxygens (including phenoxy) is 2. The molecule has 2 aromatic rings. The summed E-state index contributed by atoms with van der Waals surface area (Å²) in [5, 5.41) is 2.86. The Morgan fingerprint density at radius 2 is 1.79 bits per heavy atom. The molecule has 0 aliphatic carbocycles. The van der Waals surface area contributed by atoms with Crippen LogP contribution in [0.15, 0.2) is 48.5 Å². The van der Waals surface area contributed by atoms with Crippen molar-refractivity contribution in [2.24, 2.45) is 0 Å². The molecule has 6 heteroatoms. The Kier molecular flexibility index (Phi) is 8.02. The minimum Gasteiger partial charge on any atom is -0.492 e. The van der Waals surface area contributed by atoms with Crippen molar-refractivity contribution in [1.82, 2.24) is 10.2 Å². The molecule has 0 saturated carbocycles. The number of carbonyl (C=O) groups is 2. The summed E-state index contributed by atoms with van der Waals surface area (Å²) in [5.41, 5.74) is 1.53. The number of hydrogen-bond acceptors (Lipinski definition) is 5. The minimum absolute atomic E-state index is 0.0447. The molecule has 0 saturated heterocycles. The second-order valence-corrected chi connectivity index (χ2v) is 6.86. The summed E-state index contributed by atoms with van der Waals surface area (Å²) in [6.07, 6.45) is -0.671. The van der Waals surface area contributed by atoms with E-state index in [-0.39, 0.29) is 11.7 Å². The maximum atomic E-state index is 12.3. The lowest BCUT2D eigenvalue weighted by molar-refractivity contribution is -0.127. The number of amides is 1. The molecule has 0 aliphatic rings. The molecule has 1 unspecified atom stereocenters. The molecule has 0 aromatic heterocycles. The highest BCUT2D eigenvalue weighted by molar-refractivity contribution is 5.94. The first-order valence-electron chi connectivity index (χ1n) is 9.27. The number of benzene rings is 2. The number of hydrogen-bond donors (Lipinski definition) is 1. The molecule has 0 aliphatic heterocycles. The Balaban J connectivity index is 1.81. The van der Waals surface area contributed by atoms with Gasteiger partial charge in [-0.2, -0.15) is 0 Å². The molecule has 2 aromatic carbocycles. The maximum absolute atomic E-state index is 12.3. The van der Waals surface area contributed by atoms with E-state index in [1.807, 2.05) is 38.4 Å². The standard InChI is InChI=1S/C22H28N2O4/c1-16(25)19-6-5-7-21(14-19)28-17(2)22(26)23-15-18-8-10-20(11-9-18)27-13-12-24(3)4/h5-11,14,17H,12-13,15H2,1-4H3,(H,23,26). The Morgan fingerprint density at radius 1 is 1.07 bits per heavy atom. The number of nitrogens with one attached hydrogen (secondary N) is 1. The van der Waals surface area contributed by atoms with Crippen molar-refractivity contribution in [2.75, 3.05) is 27.2 Å². The Bertz CT molecular complexity index is 787. The molecule has 1 atom stereocenters. The van der Waals surface area contributed by atoms with Crippen LogP contribution in [0.3, 0.4) is 0 Å². The highest BCUT2D eigenvalue weighted by Crippen LogP contribution is 2.16. The normalized spacial score (nSPS) is 11.8. The van der Waals surface area contributed by atoms with Gasteiger partial charge in [-0.15, -0.1) is 0 Å². The van der Waals surface area contributed by atoms with Crippen LogP contribution in [0.4, 0.5) is 0 Å². The van der Waals surface area contributed by atoms with Gasteiger partial charge in [-0.3, -0.25) is 9.59 Å². The summed E-state index contributed by atoms with van der Waals surface area (Å²) < 4.78 is 11.3. The zero-order chi connectivity index (χ0) is 20.5. The van der Waals surface area contributed by atoms with Crippen LogP contribution in [-0.4, -0.2) is 49.9 Å². The smallest absolute Gasteiger partial charge is 0.261 e. The van der Waals surface area contributed by atoms with Gasteiger partial charge in [0.05, 0.1) is 0 Å². The van der Waals surface area contributed by atoms with Gasteiger partial charge in [0, 0.05) is 18.7 Å². The van der Waals surface area contributed by atoms with Crippen molar-refractivity contribution in [3.05, 3.63) is 59.7 Å². The van der Waals surface area contributed by atoms with Crippen LogP contribution < -0.4 is 14.8 Å². The van der Waals surface area contributed by atoms with Crippen molar-refractivity contribution in [3.63, 3.8) is 0 Å². The molecule has 0 radical (unpaired) electrons. The molecule has 0 bridgehead atoms. The molecule has 150 valence electrons. The minimum atomic E-state index is -0.671. The molecule has 0 spiro atoms. The van der Waals surface area contributed by atoms with Gasteiger partial charge < -0.3 is 19.7 Å². The number of carbonyl (C=O) groups excluding carboxylic acids is 2. The van der Waals surface area contributed by atoms with Crippen LogP contribution >= 0.6 is 0 Å². The molecule has 0 fully saturated rings. The first kappa shape index (κ1) is 21.4. The van der Waals surface area contributed by atoms with Gasteiger partial charge in [-0.1, -0.05) is 24.3 Å². The molecule has 1 N–H and O–H groups in total. The first-order chi connectivity index (χ1) is 13.3. The quantitative estimate of drug-likeness (QED) is 0.638. The third kappa shape index (κ3) is 7.04. The van der Waals surface area contributed by atoms with Crippen LogP contribution in [0, 0.1) is 0 Å². The fraction of sp³-hybridized carbons (Fsp3) is 0.364. The van der Waals surface area contributed by atoms with E-state index in [0.29, 0.717) is 24.5 Å². The van der Waals surface area contributed by atoms with E-state index in [0.717, 1.165) is 17.9 Å². The fourth-order valence-corrected chi connectivity index (χ4v) is 2.43. The zero-order valence-corrected chi connectivity index (χ0v) is 16.9. The lowest BCUT2D eigenvalue weighted by Crippen LogP contribution is -2.35. The largest absolute Gasteiger partial charge is 0.492 e. The van der Waals surface area contributed by atoms with E-state index in [1.165, 1.54) is 6.92 Å². The van der Waals surface area contributed by atoms with Crippen LogP contribution in [-0.2, 0) is 11.3 Å². The second kappa shape index (κ2) is 10.5. The van der Waals surface area contributed by atoms with Crippen LogP contribution in [0.1, 0.15) is 29.8 Å². The van der Waals surface area contributed by atoms with Gasteiger partial charge in [0.2, 0.25) is 0 Å². The molecule has 6 nitrogen and oxygen atoms in total. The summed E-state index contributed by atoms with van der Waals surface area (Å²) >= 11 is 0. The van der Waals surface area contributed by atoms with E-state index >= 15 is 0 Å². The van der Waals surface area contributed by atoms with Gasteiger partial charge in [-0.25, -0.2) is 0 Å². The summed E-state index contributed by atoms with van der Waals surface area (Å²) in [6, 6.07) is 14.5. The van der Waals surface area contributed by atoms with Gasteiger partial charge in [-0.05, 0) is 57.8 Å². The maximum Gasteiger partial charge on any atom is 0.261 e. The third-order valence-electron chi connectivity index (χ3n) is 4.12. The van der Waals surface area contributed by atoms with E-state index < -0.39 is 6.10 Å². The van der Waals surface area contributed by atoms with Crippen LogP contribution in [0.5, 0.6) is 11.5 Å². The highest BCUT2D eigenvalue weighted by atomic mass is 16.5. The average molecular weight is 384 g/mol. The van der Waals surface area contributed by atoms with Gasteiger partial charge in [0.25, 0.3) is 5.91 Å². The van der Waals surface area contributed by atoms with Crippen molar-refractivity contribution in [3.8, 4) is 11.5 Å². The second-order valence-electron chi connectivity index (χ2n) is 6.86. The van der Waals surface area contributed by atoms with Crippen molar-refractivity contribution in [2.45, 2.75) is 26.5 Å². The van der Waals surface area contributed by atoms with Crippen LogP contribution in [0.25, 0.3) is 0 Å². The molecule has 1 amide bonds. The number of likely N-dealkylation sites (N-methyl/N-ethyl adjacent to an activating group) is 1. The van der Waals surface area contributed by atoms with Crippen molar-refractivity contribution < 1.29 is 19.1 Å². The Morgan fingerprint density at radius 3 is 2.43 bits per heavy atom. The van der Waals surface area contributed by atoms with E-state index in [4.69, 9.17) is 9.47 Å². The summed E-state index contributed by atoms with van der Waals surface area (Å²) in [5.74, 6) is 1.03. The topological polar surface area (TPSA) is 67.9 Å². The Hall–Kier alpha value is -2.86.